The van der Waals surface area contributed by atoms with Crippen LogP contribution >= 0.6 is 0 Å². The van der Waals surface area contributed by atoms with E-state index in [1.165, 1.54) is 0 Å². The molecule has 4 nitrogen and oxygen atoms in total. The van der Waals surface area contributed by atoms with E-state index in [2.05, 4.69) is 5.32 Å². The Bertz CT molecular complexity index is 101. The number of nitrogens with one attached hydrogen (secondary N) is 1. The number of rotatable bonds is 7. The molecular formula is C7H16FNO3. The van der Waals surface area contributed by atoms with Gasteiger partial charge in [0.25, 0.3) is 0 Å². The fourth-order valence-corrected chi connectivity index (χ4v) is 0.738. The normalized spacial score (nSPS) is 12.0. The predicted octanol–water partition coefficient (Wildman–Crippen LogP) is -1.35. The van der Waals surface area contributed by atoms with Crippen molar-refractivity contribution in [3.63, 3.8) is 0 Å². The van der Waals surface area contributed by atoms with Crippen LogP contribution in [-0.2, 0) is 0 Å². The summed E-state index contributed by atoms with van der Waals surface area (Å²) in [6.45, 7) is -1.23. The zero-order valence-electron chi connectivity index (χ0n) is 6.96. The van der Waals surface area contributed by atoms with Crippen molar-refractivity contribution >= 4 is 0 Å². The summed E-state index contributed by atoms with van der Waals surface area (Å²) in [6, 6.07) is 0. The van der Waals surface area contributed by atoms with Gasteiger partial charge >= 0.3 is 0 Å². The number of aliphatic hydroxyl groups excluding tert-OH is 3. The molecule has 12 heavy (non-hydrogen) atoms. The molecule has 5 heteroatoms. The Morgan fingerprint density at radius 1 is 1.08 bits per heavy atom. The Balaban J connectivity index is 3.76. The Morgan fingerprint density at radius 3 is 1.92 bits per heavy atom. The first-order chi connectivity index (χ1) is 5.74. The van der Waals surface area contributed by atoms with Crippen molar-refractivity contribution in [2.24, 2.45) is 0 Å². The standard InChI is InChI=1S/C7H16FNO3/c8-2-1-3-9-7(4-10,5-11)6-12/h9-12H,1-6H2. The van der Waals surface area contributed by atoms with Crippen LogP contribution in [0.5, 0.6) is 0 Å². The molecule has 0 rings (SSSR count). The van der Waals surface area contributed by atoms with Crippen LogP contribution in [-0.4, -0.2) is 53.9 Å². The highest BCUT2D eigenvalue weighted by Gasteiger charge is 2.26. The first-order valence-corrected chi connectivity index (χ1v) is 3.88. The van der Waals surface area contributed by atoms with Gasteiger partial charge in [0.15, 0.2) is 0 Å². The van der Waals surface area contributed by atoms with Gasteiger partial charge in [0, 0.05) is 0 Å². The largest absolute Gasteiger partial charge is 0.394 e. The summed E-state index contributed by atoms with van der Waals surface area (Å²) in [5.74, 6) is 0. The molecule has 0 aliphatic carbocycles. The van der Waals surface area contributed by atoms with Crippen molar-refractivity contribution in [1.29, 1.82) is 0 Å². The van der Waals surface area contributed by atoms with Crippen LogP contribution in [0.15, 0.2) is 0 Å². The van der Waals surface area contributed by atoms with Crippen molar-refractivity contribution in [3.05, 3.63) is 0 Å². The minimum atomic E-state index is -1.07. The molecule has 0 atom stereocenters. The number of aliphatic hydroxyl groups is 3. The van der Waals surface area contributed by atoms with Crippen LogP contribution < -0.4 is 5.32 Å². The molecule has 0 aromatic heterocycles. The summed E-state index contributed by atoms with van der Waals surface area (Å²) in [6.07, 6.45) is 0.307. The van der Waals surface area contributed by atoms with Crippen LogP contribution in [0.25, 0.3) is 0 Å². The molecule has 0 amide bonds. The quantitative estimate of drug-likeness (QED) is 0.366. The zero-order valence-corrected chi connectivity index (χ0v) is 6.96. The minimum absolute atomic E-state index is 0.307. The van der Waals surface area contributed by atoms with E-state index in [0.717, 1.165) is 0 Å². The lowest BCUT2D eigenvalue weighted by atomic mass is 10.0. The van der Waals surface area contributed by atoms with Gasteiger partial charge in [-0.15, -0.1) is 0 Å². The average Bonchev–Trinajstić information content (AvgIpc) is 2.14. The van der Waals surface area contributed by atoms with E-state index in [1.54, 1.807) is 0 Å². The molecule has 0 saturated heterocycles. The van der Waals surface area contributed by atoms with Crippen LogP contribution in [0.4, 0.5) is 4.39 Å². The molecule has 4 N–H and O–H groups in total. The Morgan fingerprint density at radius 2 is 1.58 bits per heavy atom. The number of hydrogen-bond donors (Lipinski definition) is 4. The molecule has 0 spiro atoms. The van der Waals surface area contributed by atoms with E-state index >= 15 is 0 Å². The van der Waals surface area contributed by atoms with Gasteiger partial charge in [-0.25, -0.2) is 0 Å². The van der Waals surface area contributed by atoms with Gasteiger partial charge < -0.3 is 20.6 Å². The third kappa shape index (κ3) is 3.44. The molecule has 0 heterocycles. The van der Waals surface area contributed by atoms with E-state index in [0.29, 0.717) is 13.0 Å². The highest BCUT2D eigenvalue weighted by molar-refractivity contribution is 4.85. The molecule has 74 valence electrons. The van der Waals surface area contributed by atoms with Crippen LogP contribution in [0.1, 0.15) is 6.42 Å². The van der Waals surface area contributed by atoms with Gasteiger partial charge in [-0.3, -0.25) is 4.39 Å². The first-order valence-electron chi connectivity index (χ1n) is 3.88. The summed E-state index contributed by atoms with van der Waals surface area (Å²) in [4.78, 5) is 0. The fourth-order valence-electron chi connectivity index (χ4n) is 0.738. The number of hydrogen-bond acceptors (Lipinski definition) is 4. The van der Waals surface area contributed by atoms with E-state index in [9.17, 15) is 4.39 Å². The molecule has 0 aliphatic rings. The van der Waals surface area contributed by atoms with Crippen molar-refractivity contribution in [2.75, 3.05) is 33.0 Å². The summed E-state index contributed by atoms with van der Waals surface area (Å²) in [5.41, 5.74) is -1.07. The minimum Gasteiger partial charge on any atom is -0.394 e. The third-order valence-electron chi connectivity index (χ3n) is 1.72. The molecule has 0 saturated carbocycles. The topological polar surface area (TPSA) is 72.7 Å². The summed E-state index contributed by atoms with van der Waals surface area (Å²) in [7, 11) is 0. The maximum Gasteiger partial charge on any atom is 0.0906 e. The summed E-state index contributed by atoms with van der Waals surface area (Å²) >= 11 is 0. The highest BCUT2D eigenvalue weighted by atomic mass is 19.1. The van der Waals surface area contributed by atoms with Crippen LogP contribution in [0.3, 0.4) is 0 Å². The van der Waals surface area contributed by atoms with Crippen LogP contribution in [0, 0.1) is 0 Å². The lowest BCUT2D eigenvalue weighted by Gasteiger charge is -2.28. The van der Waals surface area contributed by atoms with Gasteiger partial charge in [0.1, 0.15) is 0 Å². The van der Waals surface area contributed by atoms with Gasteiger partial charge in [-0.2, -0.15) is 0 Å². The second-order valence-corrected chi connectivity index (χ2v) is 2.72. The summed E-state index contributed by atoms with van der Waals surface area (Å²) < 4.78 is 11.7. The van der Waals surface area contributed by atoms with Gasteiger partial charge in [0.05, 0.1) is 32.0 Å². The van der Waals surface area contributed by atoms with E-state index in [-0.39, 0.29) is 19.8 Å². The molecule has 0 aliphatic heterocycles. The van der Waals surface area contributed by atoms with Gasteiger partial charge in [-0.1, -0.05) is 0 Å². The van der Waals surface area contributed by atoms with Crippen molar-refractivity contribution in [1.82, 2.24) is 5.32 Å². The van der Waals surface area contributed by atoms with Crippen molar-refractivity contribution in [2.45, 2.75) is 12.0 Å². The fraction of sp³-hybridized carbons (Fsp3) is 1.00. The molecule has 0 bridgehead atoms. The Kier molecular flexibility index (Phi) is 6.18. The summed E-state index contributed by atoms with van der Waals surface area (Å²) in [5, 5.41) is 29.1. The van der Waals surface area contributed by atoms with Crippen molar-refractivity contribution in [3.8, 4) is 0 Å². The van der Waals surface area contributed by atoms with E-state index in [1.807, 2.05) is 0 Å². The molecule has 0 unspecified atom stereocenters. The van der Waals surface area contributed by atoms with E-state index in [4.69, 9.17) is 15.3 Å². The smallest absolute Gasteiger partial charge is 0.0906 e. The maximum atomic E-state index is 11.7. The maximum absolute atomic E-state index is 11.7. The molecule has 0 aromatic rings. The molecule has 0 radical (unpaired) electrons. The lowest BCUT2D eigenvalue weighted by Crippen LogP contribution is -2.55. The first kappa shape index (κ1) is 11.8. The number of halogens is 1. The highest BCUT2D eigenvalue weighted by Crippen LogP contribution is 2.00. The molecule has 0 fully saturated rings. The third-order valence-corrected chi connectivity index (χ3v) is 1.72. The predicted molar refractivity (Wildman–Crippen MR) is 42.6 cm³/mol. The molecular weight excluding hydrogens is 165 g/mol. The zero-order chi connectivity index (χ0) is 9.45. The average molecular weight is 181 g/mol. The number of alkyl halides is 1. The second-order valence-electron chi connectivity index (χ2n) is 2.72. The van der Waals surface area contributed by atoms with Gasteiger partial charge in [0.2, 0.25) is 0 Å². The second kappa shape index (κ2) is 6.30. The molecule has 0 aromatic carbocycles. The Labute approximate surface area is 71.0 Å². The van der Waals surface area contributed by atoms with Crippen LogP contribution in [0.2, 0.25) is 0 Å². The monoisotopic (exact) mass is 181 g/mol. The van der Waals surface area contributed by atoms with Gasteiger partial charge in [-0.05, 0) is 13.0 Å². The lowest BCUT2D eigenvalue weighted by molar-refractivity contribution is 0.0423. The SMILES string of the molecule is OCC(CO)(CO)NCCCF. The van der Waals surface area contributed by atoms with E-state index < -0.39 is 12.2 Å². The van der Waals surface area contributed by atoms with Crippen molar-refractivity contribution < 1.29 is 19.7 Å². The Hall–Kier alpha value is -0.230.